The van der Waals surface area contributed by atoms with E-state index in [1.807, 2.05) is 0 Å². The van der Waals surface area contributed by atoms with Crippen LogP contribution >= 0.6 is 0 Å². The van der Waals surface area contributed by atoms with Crippen molar-refractivity contribution in [2.24, 2.45) is 0 Å². The normalized spacial score (nSPS) is 12.1. The van der Waals surface area contributed by atoms with Crippen LogP contribution in [0.25, 0.3) is 0 Å². The fourth-order valence-electron chi connectivity index (χ4n) is 7.31. The van der Waals surface area contributed by atoms with Gasteiger partial charge in [-0.15, -0.1) is 0 Å². The average molecular weight is 817 g/mol. The molecule has 0 aliphatic rings. The Hall–Kier alpha value is -2.11. The highest BCUT2D eigenvalue weighted by molar-refractivity contribution is 5.71. The van der Waals surface area contributed by atoms with Crippen LogP contribution in [-0.4, -0.2) is 37.2 Å². The Kier molecular flexibility index (Phi) is 45.8. The third kappa shape index (κ3) is 45.0. The molecule has 0 bridgehead atoms. The van der Waals surface area contributed by atoms with Crippen molar-refractivity contribution < 1.29 is 28.6 Å². The van der Waals surface area contributed by atoms with E-state index in [4.69, 9.17) is 14.2 Å². The maximum absolute atomic E-state index is 12.7. The van der Waals surface area contributed by atoms with Crippen LogP contribution in [0.3, 0.4) is 0 Å². The monoisotopic (exact) mass is 817 g/mol. The minimum absolute atomic E-state index is 0.0751. The zero-order valence-electron chi connectivity index (χ0n) is 38.8. The van der Waals surface area contributed by atoms with Crippen molar-refractivity contribution in [3.8, 4) is 0 Å². The minimum Gasteiger partial charge on any atom is -0.462 e. The van der Waals surface area contributed by atoms with Crippen molar-refractivity contribution in [1.29, 1.82) is 0 Å². The van der Waals surface area contributed by atoms with E-state index in [9.17, 15) is 14.4 Å². The molecular weight excluding hydrogens is 721 g/mol. The van der Waals surface area contributed by atoms with E-state index >= 15 is 0 Å². The van der Waals surface area contributed by atoms with Gasteiger partial charge in [0.2, 0.25) is 0 Å². The average Bonchev–Trinajstić information content (AvgIpc) is 3.22. The Morgan fingerprint density at radius 1 is 0.328 bits per heavy atom. The maximum atomic E-state index is 12.7. The number of unbranched alkanes of at least 4 members (excludes halogenated alkanes) is 31. The molecule has 0 aliphatic carbocycles. The van der Waals surface area contributed by atoms with Gasteiger partial charge in [-0.2, -0.15) is 0 Å². The predicted octanol–water partition coefficient (Wildman–Crippen LogP) is 16.4. The van der Waals surface area contributed by atoms with Gasteiger partial charge < -0.3 is 14.2 Å². The SMILES string of the molecule is CCCCCC/C=C\CCCCCCCCCC(=O)OCC(COC(=O)CCCCCCCCCCCCCC)OC(=O)CCCCC/C=C\CCCCCCCC. The van der Waals surface area contributed by atoms with Crippen LogP contribution in [0.4, 0.5) is 0 Å². The van der Waals surface area contributed by atoms with Crippen LogP contribution in [-0.2, 0) is 28.6 Å². The first-order chi connectivity index (χ1) is 28.5. The number of hydrogen-bond acceptors (Lipinski definition) is 6. The zero-order chi connectivity index (χ0) is 42.3. The lowest BCUT2D eigenvalue weighted by molar-refractivity contribution is -0.167. The van der Waals surface area contributed by atoms with Crippen LogP contribution in [0, 0.1) is 0 Å². The molecule has 0 radical (unpaired) electrons. The van der Waals surface area contributed by atoms with Gasteiger partial charge in [-0.3, -0.25) is 14.4 Å². The van der Waals surface area contributed by atoms with E-state index in [0.29, 0.717) is 19.3 Å². The first-order valence-corrected chi connectivity index (χ1v) is 25.3. The summed E-state index contributed by atoms with van der Waals surface area (Å²) in [5, 5.41) is 0. The summed E-state index contributed by atoms with van der Waals surface area (Å²) >= 11 is 0. The molecule has 6 nitrogen and oxygen atoms in total. The third-order valence-corrected chi connectivity index (χ3v) is 11.2. The molecule has 340 valence electrons. The van der Waals surface area contributed by atoms with Gasteiger partial charge in [0.25, 0.3) is 0 Å². The van der Waals surface area contributed by atoms with Crippen LogP contribution in [0.15, 0.2) is 24.3 Å². The summed E-state index contributed by atoms with van der Waals surface area (Å²) in [7, 11) is 0. The Morgan fingerprint density at radius 2 is 0.569 bits per heavy atom. The molecule has 0 fully saturated rings. The second-order valence-electron chi connectivity index (χ2n) is 17.1. The molecule has 0 N–H and O–H groups in total. The third-order valence-electron chi connectivity index (χ3n) is 11.2. The standard InChI is InChI=1S/C52H96O6/c1-4-7-10-13-16-19-22-25-26-28-30-33-36-39-42-45-51(54)57-48-49(47-56-50(53)44-41-38-35-32-29-24-21-18-15-12-9-6-3)58-52(55)46-43-40-37-34-31-27-23-20-17-14-11-8-5-2/h19,22,27,31,49H,4-18,20-21,23-26,28-30,32-48H2,1-3H3/b22-19-,31-27-. The molecule has 0 aliphatic heterocycles. The highest BCUT2D eigenvalue weighted by Crippen LogP contribution is 2.15. The number of esters is 3. The highest BCUT2D eigenvalue weighted by atomic mass is 16.6. The smallest absolute Gasteiger partial charge is 0.306 e. The van der Waals surface area contributed by atoms with Crippen molar-refractivity contribution >= 4 is 17.9 Å². The second kappa shape index (κ2) is 47.6. The molecular formula is C52H96O6. The van der Waals surface area contributed by atoms with Gasteiger partial charge in [0, 0.05) is 19.3 Å². The van der Waals surface area contributed by atoms with Gasteiger partial charge in [0.15, 0.2) is 6.10 Å². The lowest BCUT2D eigenvalue weighted by Crippen LogP contribution is -2.30. The first kappa shape index (κ1) is 55.9. The molecule has 0 amide bonds. The number of hydrogen-bond donors (Lipinski definition) is 0. The largest absolute Gasteiger partial charge is 0.462 e. The summed E-state index contributed by atoms with van der Waals surface area (Å²) in [5.74, 6) is -0.886. The van der Waals surface area contributed by atoms with Crippen LogP contribution < -0.4 is 0 Å². The fraction of sp³-hybridized carbons (Fsp3) is 0.865. The van der Waals surface area contributed by atoms with Crippen molar-refractivity contribution in [3.05, 3.63) is 24.3 Å². The number of carbonyl (C=O) groups excluding carboxylic acids is 3. The maximum Gasteiger partial charge on any atom is 0.306 e. The summed E-state index contributed by atoms with van der Waals surface area (Å²) in [6.07, 6.45) is 53.0. The van der Waals surface area contributed by atoms with Gasteiger partial charge >= 0.3 is 17.9 Å². The first-order valence-electron chi connectivity index (χ1n) is 25.3. The van der Waals surface area contributed by atoms with Crippen molar-refractivity contribution in [2.75, 3.05) is 13.2 Å². The molecule has 0 aromatic rings. The van der Waals surface area contributed by atoms with Gasteiger partial charge in [-0.05, 0) is 70.6 Å². The van der Waals surface area contributed by atoms with Crippen molar-refractivity contribution in [1.82, 2.24) is 0 Å². The molecule has 0 rings (SSSR count). The number of ether oxygens (including phenoxy) is 3. The molecule has 1 unspecified atom stereocenters. The van der Waals surface area contributed by atoms with Crippen LogP contribution in [0.1, 0.15) is 271 Å². The molecule has 6 heteroatoms. The minimum atomic E-state index is -0.775. The summed E-state index contributed by atoms with van der Waals surface area (Å²) in [5.41, 5.74) is 0. The Bertz CT molecular complexity index is 942. The Morgan fingerprint density at radius 3 is 0.897 bits per heavy atom. The molecule has 0 aromatic heterocycles. The van der Waals surface area contributed by atoms with E-state index < -0.39 is 6.10 Å². The molecule has 0 aromatic carbocycles. The lowest BCUT2D eigenvalue weighted by atomic mass is 10.0. The molecule has 0 saturated heterocycles. The zero-order valence-corrected chi connectivity index (χ0v) is 38.8. The topological polar surface area (TPSA) is 78.9 Å². The molecule has 58 heavy (non-hydrogen) atoms. The van der Waals surface area contributed by atoms with Gasteiger partial charge in [-0.1, -0.05) is 206 Å². The van der Waals surface area contributed by atoms with E-state index in [1.165, 1.54) is 161 Å². The van der Waals surface area contributed by atoms with E-state index in [2.05, 4.69) is 45.1 Å². The Labute approximate surface area is 360 Å². The number of carbonyl (C=O) groups is 3. The molecule has 0 heterocycles. The van der Waals surface area contributed by atoms with Crippen molar-refractivity contribution in [2.45, 2.75) is 277 Å². The van der Waals surface area contributed by atoms with E-state index in [1.54, 1.807) is 0 Å². The van der Waals surface area contributed by atoms with Crippen LogP contribution in [0.2, 0.25) is 0 Å². The number of rotatable bonds is 46. The van der Waals surface area contributed by atoms with Gasteiger partial charge in [0.05, 0.1) is 0 Å². The van der Waals surface area contributed by atoms with E-state index in [-0.39, 0.29) is 31.1 Å². The van der Waals surface area contributed by atoms with Gasteiger partial charge in [0.1, 0.15) is 13.2 Å². The molecule has 1 atom stereocenters. The summed E-state index contributed by atoms with van der Waals surface area (Å²) < 4.78 is 16.8. The highest BCUT2D eigenvalue weighted by Gasteiger charge is 2.19. The second-order valence-corrected chi connectivity index (χ2v) is 17.1. The number of allylic oxidation sites excluding steroid dienone is 4. The fourth-order valence-corrected chi connectivity index (χ4v) is 7.31. The summed E-state index contributed by atoms with van der Waals surface area (Å²) in [6, 6.07) is 0. The summed E-state index contributed by atoms with van der Waals surface area (Å²) in [6.45, 7) is 6.62. The van der Waals surface area contributed by atoms with Crippen molar-refractivity contribution in [3.63, 3.8) is 0 Å². The Balaban J connectivity index is 4.36. The molecule has 0 spiro atoms. The quantitative estimate of drug-likeness (QED) is 0.0263. The predicted molar refractivity (Wildman–Crippen MR) is 247 cm³/mol. The van der Waals surface area contributed by atoms with Gasteiger partial charge in [-0.25, -0.2) is 0 Å². The van der Waals surface area contributed by atoms with Crippen LogP contribution in [0.5, 0.6) is 0 Å². The summed E-state index contributed by atoms with van der Waals surface area (Å²) in [4.78, 5) is 37.9. The lowest BCUT2D eigenvalue weighted by Gasteiger charge is -2.18. The molecule has 0 saturated carbocycles. The van der Waals surface area contributed by atoms with E-state index in [0.717, 1.165) is 70.6 Å².